The van der Waals surface area contributed by atoms with Crippen molar-refractivity contribution in [1.29, 1.82) is 0 Å². The lowest BCUT2D eigenvalue weighted by Crippen LogP contribution is -2.30. The number of nitrogens with zero attached hydrogens (tertiary/aromatic N) is 2. The highest BCUT2D eigenvalue weighted by atomic mass is 14.9. The molecular formula is C26H27N2+. The molecule has 0 aliphatic rings. The standard InChI is InChI=1S/C26H27N2/c1-18-8-9-19(21-7-6-13-27-17-21)16-24(18)25-23-11-10-22(26(2,3)4)15-20(23)12-14-28(25)5/h6-17H,1-5H3/q+1. The monoisotopic (exact) mass is 367 g/mol. The molecule has 0 saturated heterocycles. The Morgan fingerprint density at radius 2 is 1.71 bits per heavy atom. The van der Waals surface area contributed by atoms with Gasteiger partial charge in [-0.15, -0.1) is 0 Å². The van der Waals surface area contributed by atoms with Crippen LogP contribution in [0.4, 0.5) is 0 Å². The maximum Gasteiger partial charge on any atom is 0.220 e. The maximum absolute atomic E-state index is 4.28. The van der Waals surface area contributed by atoms with Crippen molar-refractivity contribution in [1.82, 2.24) is 4.98 Å². The number of benzene rings is 2. The van der Waals surface area contributed by atoms with E-state index in [1.165, 1.54) is 38.7 Å². The van der Waals surface area contributed by atoms with Crippen LogP contribution in [0.25, 0.3) is 33.2 Å². The van der Waals surface area contributed by atoms with Gasteiger partial charge in [-0.05, 0) is 52.6 Å². The molecule has 2 aromatic heterocycles. The van der Waals surface area contributed by atoms with E-state index < -0.39 is 0 Å². The zero-order valence-corrected chi connectivity index (χ0v) is 17.3. The summed E-state index contributed by atoms with van der Waals surface area (Å²) in [4.78, 5) is 4.28. The Balaban J connectivity index is 1.95. The van der Waals surface area contributed by atoms with E-state index in [4.69, 9.17) is 0 Å². The van der Waals surface area contributed by atoms with E-state index in [2.05, 4.69) is 99.0 Å². The van der Waals surface area contributed by atoms with Crippen molar-refractivity contribution < 1.29 is 4.57 Å². The first-order valence-corrected chi connectivity index (χ1v) is 9.79. The van der Waals surface area contributed by atoms with Crippen molar-refractivity contribution in [3.8, 4) is 22.4 Å². The van der Waals surface area contributed by atoms with Gasteiger partial charge in [0.25, 0.3) is 0 Å². The van der Waals surface area contributed by atoms with Crippen molar-refractivity contribution in [2.24, 2.45) is 7.05 Å². The summed E-state index contributed by atoms with van der Waals surface area (Å²) in [6.45, 7) is 8.98. The Morgan fingerprint density at radius 1 is 0.893 bits per heavy atom. The molecule has 0 amide bonds. The van der Waals surface area contributed by atoms with Crippen molar-refractivity contribution in [2.45, 2.75) is 33.1 Å². The Morgan fingerprint density at radius 3 is 2.43 bits per heavy atom. The molecule has 0 fully saturated rings. The molecule has 2 heteroatoms. The summed E-state index contributed by atoms with van der Waals surface area (Å²) in [5.41, 5.74) is 7.62. The molecule has 0 bridgehead atoms. The van der Waals surface area contributed by atoms with Crippen molar-refractivity contribution in [2.75, 3.05) is 0 Å². The van der Waals surface area contributed by atoms with Crippen LogP contribution in [0.1, 0.15) is 31.9 Å². The third kappa shape index (κ3) is 3.31. The highest BCUT2D eigenvalue weighted by molar-refractivity contribution is 5.94. The molecule has 0 unspecified atom stereocenters. The number of pyridine rings is 2. The predicted octanol–water partition coefficient (Wildman–Crippen LogP) is 6.00. The summed E-state index contributed by atoms with van der Waals surface area (Å²) in [5, 5.41) is 2.57. The second-order valence-corrected chi connectivity index (χ2v) is 8.60. The number of rotatable bonds is 2. The van der Waals surface area contributed by atoms with E-state index in [1.54, 1.807) is 0 Å². The molecular weight excluding hydrogens is 340 g/mol. The van der Waals surface area contributed by atoms with Gasteiger partial charge in [-0.1, -0.05) is 51.1 Å². The summed E-state index contributed by atoms with van der Waals surface area (Å²) in [7, 11) is 2.13. The van der Waals surface area contributed by atoms with E-state index in [-0.39, 0.29) is 5.41 Å². The number of hydrogen-bond acceptors (Lipinski definition) is 1. The van der Waals surface area contributed by atoms with E-state index in [1.807, 2.05) is 18.5 Å². The molecule has 0 aliphatic heterocycles. The lowest BCUT2D eigenvalue weighted by atomic mass is 9.85. The van der Waals surface area contributed by atoms with E-state index in [0.717, 1.165) is 5.56 Å². The van der Waals surface area contributed by atoms with Crippen LogP contribution in [0.5, 0.6) is 0 Å². The van der Waals surface area contributed by atoms with Crippen molar-refractivity contribution in [3.05, 3.63) is 84.3 Å². The normalized spacial score (nSPS) is 11.8. The summed E-state index contributed by atoms with van der Waals surface area (Å²) >= 11 is 0. The molecule has 0 radical (unpaired) electrons. The quantitative estimate of drug-likeness (QED) is 0.397. The highest BCUT2D eigenvalue weighted by Gasteiger charge is 2.20. The smallest absolute Gasteiger partial charge is 0.220 e. The molecule has 0 spiro atoms. The first-order chi connectivity index (χ1) is 13.3. The molecule has 140 valence electrons. The van der Waals surface area contributed by atoms with Gasteiger partial charge in [-0.25, -0.2) is 4.57 Å². The maximum atomic E-state index is 4.28. The molecule has 4 rings (SSSR count). The topological polar surface area (TPSA) is 16.8 Å². The molecule has 0 aliphatic carbocycles. The van der Waals surface area contributed by atoms with Gasteiger partial charge in [0.05, 0.1) is 10.9 Å². The van der Waals surface area contributed by atoms with Crippen LogP contribution in [-0.2, 0) is 12.5 Å². The number of aromatic nitrogens is 2. The van der Waals surface area contributed by atoms with Crippen LogP contribution < -0.4 is 4.57 Å². The minimum absolute atomic E-state index is 0.141. The van der Waals surface area contributed by atoms with Gasteiger partial charge in [0, 0.05) is 24.0 Å². The molecule has 0 N–H and O–H groups in total. The molecule has 0 saturated carbocycles. The molecule has 0 atom stereocenters. The summed E-state index contributed by atoms with van der Waals surface area (Å²) in [5.74, 6) is 0. The van der Waals surface area contributed by atoms with Crippen LogP contribution in [0.2, 0.25) is 0 Å². The van der Waals surface area contributed by atoms with Gasteiger partial charge in [0.15, 0.2) is 6.20 Å². The highest BCUT2D eigenvalue weighted by Crippen LogP contribution is 2.33. The Labute approximate surface area is 167 Å². The minimum atomic E-state index is 0.141. The Bertz CT molecular complexity index is 1150. The van der Waals surface area contributed by atoms with Crippen LogP contribution in [-0.4, -0.2) is 4.98 Å². The SMILES string of the molecule is Cc1ccc(-c2cccnc2)cc1-c1c2ccc(C(C)(C)C)cc2cc[n+]1C. The Hall–Kier alpha value is -3.00. The zero-order chi connectivity index (χ0) is 19.9. The summed E-state index contributed by atoms with van der Waals surface area (Å²) in [6.07, 6.45) is 5.91. The molecule has 2 aromatic carbocycles. The Kier molecular flexibility index (Phi) is 4.50. The fourth-order valence-electron chi connectivity index (χ4n) is 3.76. The lowest BCUT2D eigenvalue weighted by molar-refractivity contribution is -0.659. The van der Waals surface area contributed by atoms with Crippen LogP contribution >= 0.6 is 0 Å². The van der Waals surface area contributed by atoms with Crippen LogP contribution in [0.15, 0.2) is 73.2 Å². The second-order valence-electron chi connectivity index (χ2n) is 8.60. The molecule has 2 nitrogen and oxygen atoms in total. The summed E-state index contributed by atoms with van der Waals surface area (Å²) in [6, 6.07) is 19.9. The average Bonchev–Trinajstić information content (AvgIpc) is 2.68. The van der Waals surface area contributed by atoms with E-state index in [0.29, 0.717) is 0 Å². The second kappa shape index (κ2) is 6.87. The van der Waals surface area contributed by atoms with Gasteiger partial charge < -0.3 is 0 Å². The first kappa shape index (κ1) is 18.4. The number of aryl methyl sites for hydroxylation is 2. The fourth-order valence-corrected chi connectivity index (χ4v) is 3.76. The average molecular weight is 368 g/mol. The van der Waals surface area contributed by atoms with Gasteiger partial charge in [0.2, 0.25) is 5.69 Å². The van der Waals surface area contributed by atoms with Crippen LogP contribution in [0.3, 0.4) is 0 Å². The summed E-state index contributed by atoms with van der Waals surface area (Å²) < 4.78 is 2.23. The van der Waals surface area contributed by atoms with Gasteiger partial charge in [0.1, 0.15) is 7.05 Å². The minimum Gasteiger partial charge on any atom is -0.264 e. The third-order valence-corrected chi connectivity index (χ3v) is 5.49. The van der Waals surface area contributed by atoms with Crippen molar-refractivity contribution >= 4 is 10.8 Å². The van der Waals surface area contributed by atoms with E-state index in [9.17, 15) is 0 Å². The third-order valence-electron chi connectivity index (χ3n) is 5.49. The van der Waals surface area contributed by atoms with Crippen molar-refractivity contribution in [3.63, 3.8) is 0 Å². The lowest BCUT2D eigenvalue weighted by Gasteiger charge is -2.19. The van der Waals surface area contributed by atoms with Crippen LogP contribution in [0, 0.1) is 6.92 Å². The number of fused-ring (bicyclic) bond motifs is 1. The molecule has 2 heterocycles. The largest absolute Gasteiger partial charge is 0.264 e. The first-order valence-electron chi connectivity index (χ1n) is 9.79. The predicted molar refractivity (Wildman–Crippen MR) is 117 cm³/mol. The van der Waals surface area contributed by atoms with E-state index >= 15 is 0 Å². The number of hydrogen-bond donors (Lipinski definition) is 0. The molecule has 4 aromatic rings. The van der Waals surface area contributed by atoms with Gasteiger partial charge >= 0.3 is 0 Å². The fraction of sp³-hybridized carbons (Fsp3) is 0.231. The van der Waals surface area contributed by atoms with Gasteiger partial charge in [-0.3, -0.25) is 4.98 Å². The van der Waals surface area contributed by atoms with Gasteiger partial charge in [-0.2, -0.15) is 0 Å². The molecule has 28 heavy (non-hydrogen) atoms. The zero-order valence-electron chi connectivity index (χ0n) is 17.3.